The Morgan fingerprint density at radius 2 is 1.93 bits per heavy atom. The summed E-state index contributed by atoms with van der Waals surface area (Å²) in [5, 5.41) is 5.97. The van der Waals surface area contributed by atoms with Crippen molar-refractivity contribution >= 4 is 28.6 Å². The summed E-state index contributed by atoms with van der Waals surface area (Å²) in [4.78, 5) is 23.4. The van der Waals surface area contributed by atoms with Crippen molar-refractivity contribution in [3.63, 3.8) is 0 Å². The summed E-state index contributed by atoms with van der Waals surface area (Å²) >= 11 is 1.59. The van der Waals surface area contributed by atoms with Gasteiger partial charge in [0.25, 0.3) is 0 Å². The Hall–Kier alpha value is -2.73. The van der Waals surface area contributed by atoms with Crippen LogP contribution in [0.15, 0.2) is 54.2 Å². The molecule has 5 nitrogen and oxygen atoms in total. The number of nitrogens with zero attached hydrogens (tertiary/aromatic N) is 3. The van der Waals surface area contributed by atoms with Crippen LogP contribution in [-0.4, -0.2) is 29.0 Å². The van der Waals surface area contributed by atoms with Gasteiger partial charge in [-0.15, -0.1) is 11.3 Å². The highest BCUT2D eigenvalue weighted by molar-refractivity contribution is 7.09. The minimum Gasteiger partial charge on any atom is -0.372 e. The predicted molar refractivity (Wildman–Crippen MR) is 115 cm³/mol. The first-order chi connectivity index (χ1) is 13.8. The normalized spacial score (nSPS) is 14.1. The summed E-state index contributed by atoms with van der Waals surface area (Å²) in [7, 11) is 0. The van der Waals surface area contributed by atoms with E-state index in [9.17, 15) is 4.79 Å². The first kappa shape index (κ1) is 18.6. The zero-order chi connectivity index (χ0) is 19.2. The maximum absolute atomic E-state index is 12.3. The fraction of sp³-hybridized carbons (Fsp3) is 0.318. The fourth-order valence-electron chi connectivity index (χ4n) is 3.42. The molecule has 144 valence electrons. The molecule has 0 aliphatic carbocycles. The van der Waals surface area contributed by atoms with Gasteiger partial charge in [-0.3, -0.25) is 9.78 Å². The highest BCUT2D eigenvalue weighted by Crippen LogP contribution is 2.23. The lowest BCUT2D eigenvalue weighted by Crippen LogP contribution is -2.29. The number of thiazole rings is 1. The van der Waals surface area contributed by atoms with Crippen LogP contribution in [0.4, 0.5) is 11.4 Å². The van der Waals surface area contributed by atoms with Gasteiger partial charge in [0.1, 0.15) is 0 Å². The SMILES string of the molecule is O=C(CCc1nc(-c2cccnc2)cs1)Nc1ccc(N2CCCCC2)cc1. The molecule has 4 rings (SSSR count). The maximum Gasteiger partial charge on any atom is 0.224 e. The molecule has 1 amide bonds. The average molecular weight is 393 g/mol. The highest BCUT2D eigenvalue weighted by atomic mass is 32.1. The predicted octanol–water partition coefficient (Wildman–Crippen LogP) is 4.77. The van der Waals surface area contributed by atoms with E-state index in [1.807, 2.05) is 29.6 Å². The molecule has 1 saturated heterocycles. The Labute approximate surface area is 169 Å². The Kier molecular flexibility index (Phi) is 5.97. The minimum atomic E-state index is 0.0175. The number of hydrogen-bond acceptors (Lipinski definition) is 5. The van der Waals surface area contributed by atoms with Crippen LogP contribution < -0.4 is 10.2 Å². The minimum absolute atomic E-state index is 0.0175. The third-order valence-electron chi connectivity index (χ3n) is 4.95. The molecule has 1 aliphatic rings. The summed E-state index contributed by atoms with van der Waals surface area (Å²) in [6.07, 6.45) is 8.47. The van der Waals surface area contributed by atoms with E-state index < -0.39 is 0 Å². The van der Waals surface area contributed by atoms with Gasteiger partial charge in [0.05, 0.1) is 10.7 Å². The number of carbonyl (C=O) groups excluding carboxylic acids is 1. The fourth-order valence-corrected chi connectivity index (χ4v) is 4.23. The molecule has 1 N–H and O–H groups in total. The van der Waals surface area contributed by atoms with Gasteiger partial charge in [-0.05, 0) is 55.7 Å². The van der Waals surface area contributed by atoms with E-state index in [4.69, 9.17) is 0 Å². The Morgan fingerprint density at radius 1 is 1.11 bits per heavy atom. The van der Waals surface area contributed by atoms with E-state index in [1.165, 1.54) is 24.9 Å². The van der Waals surface area contributed by atoms with Gasteiger partial charge in [-0.25, -0.2) is 4.98 Å². The molecule has 6 heteroatoms. The zero-order valence-corrected chi connectivity index (χ0v) is 16.6. The summed E-state index contributed by atoms with van der Waals surface area (Å²) in [5.41, 5.74) is 4.01. The molecular formula is C22H24N4OS. The molecular weight excluding hydrogens is 368 g/mol. The quantitative estimate of drug-likeness (QED) is 0.657. The first-order valence-corrected chi connectivity index (χ1v) is 10.7. The van der Waals surface area contributed by atoms with Gasteiger partial charge in [-0.2, -0.15) is 0 Å². The Bertz CT molecular complexity index is 902. The average Bonchev–Trinajstić information content (AvgIpc) is 3.23. The summed E-state index contributed by atoms with van der Waals surface area (Å²) in [6.45, 7) is 2.25. The number of amides is 1. The molecule has 1 fully saturated rings. The van der Waals surface area contributed by atoms with Gasteiger partial charge in [0.2, 0.25) is 5.91 Å². The van der Waals surface area contributed by atoms with Gasteiger partial charge < -0.3 is 10.2 Å². The van der Waals surface area contributed by atoms with Crippen molar-refractivity contribution < 1.29 is 4.79 Å². The van der Waals surface area contributed by atoms with Crippen LogP contribution >= 0.6 is 11.3 Å². The zero-order valence-electron chi connectivity index (χ0n) is 15.8. The third-order valence-corrected chi connectivity index (χ3v) is 5.86. The molecule has 0 bridgehead atoms. The standard InChI is InChI=1S/C22H24N4OS/c27-21(10-11-22-25-20(16-28-22)17-5-4-12-23-15-17)24-18-6-8-19(9-7-18)26-13-2-1-3-14-26/h4-9,12,15-16H,1-3,10-11,13-14H2,(H,24,27). The second-order valence-corrected chi connectivity index (χ2v) is 7.95. The molecule has 1 aromatic carbocycles. The second-order valence-electron chi connectivity index (χ2n) is 7.01. The molecule has 3 aromatic rings. The van der Waals surface area contributed by atoms with E-state index in [1.54, 1.807) is 23.7 Å². The van der Waals surface area contributed by atoms with Crippen LogP contribution in [0.3, 0.4) is 0 Å². The topological polar surface area (TPSA) is 58.1 Å². The molecule has 3 heterocycles. The lowest BCUT2D eigenvalue weighted by molar-refractivity contribution is -0.116. The van der Waals surface area contributed by atoms with Crippen molar-refractivity contribution in [3.05, 3.63) is 59.2 Å². The van der Waals surface area contributed by atoms with E-state index in [2.05, 4.69) is 32.3 Å². The number of anilines is 2. The van der Waals surface area contributed by atoms with Crippen molar-refractivity contribution in [3.8, 4) is 11.3 Å². The van der Waals surface area contributed by atoms with E-state index in [-0.39, 0.29) is 5.91 Å². The van der Waals surface area contributed by atoms with E-state index in [0.717, 1.165) is 35.0 Å². The largest absolute Gasteiger partial charge is 0.372 e. The number of nitrogens with one attached hydrogen (secondary N) is 1. The third kappa shape index (κ3) is 4.75. The number of piperidine rings is 1. The van der Waals surface area contributed by atoms with Crippen molar-refractivity contribution in [2.24, 2.45) is 0 Å². The Balaban J connectivity index is 1.28. The molecule has 0 saturated carbocycles. The maximum atomic E-state index is 12.3. The van der Waals surface area contributed by atoms with Crippen LogP contribution in [0.2, 0.25) is 0 Å². The number of rotatable bonds is 6. The molecule has 1 aliphatic heterocycles. The summed E-state index contributed by atoms with van der Waals surface area (Å²) in [5.74, 6) is 0.0175. The number of benzene rings is 1. The highest BCUT2D eigenvalue weighted by Gasteiger charge is 2.11. The Morgan fingerprint density at radius 3 is 2.68 bits per heavy atom. The number of pyridine rings is 1. The van der Waals surface area contributed by atoms with Crippen LogP contribution in [0.25, 0.3) is 11.3 Å². The monoisotopic (exact) mass is 392 g/mol. The van der Waals surface area contributed by atoms with Crippen molar-refractivity contribution in [2.75, 3.05) is 23.3 Å². The van der Waals surface area contributed by atoms with Gasteiger partial charge >= 0.3 is 0 Å². The van der Waals surface area contributed by atoms with Gasteiger partial charge in [0, 0.05) is 60.6 Å². The molecule has 0 unspecified atom stereocenters. The molecule has 28 heavy (non-hydrogen) atoms. The second kappa shape index (κ2) is 8.97. The van der Waals surface area contributed by atoms with Gasteiger partial charge in [-0.1, -0.05) is 0 Å². The van der Waals surface area contributed by atoms with Crippen LogP contribution in [-0.2, 0) is 11.2 Å². The van der Waals surface area contributed by atoms with E-state index in [0.29, 0.717) is 12.8 Å². The van der Waals surface area contributed by atoms with Crippen LogP contribution in [0.5, 0.6) is 0 Å². The molecule has 0 radical (unpaired) electrons. The summed E-state index contributed by atoms with van der Waals surface area (Å²) in [6, 6.07) is 12.1. The number of aromatic nitrogens is 2. The van der Waals surface area contributed by atoms with Crippen molar-refractivity contribution in [2.45, 2.75) is 32.1 Å². The van der Waals surface area contributed by atoms with Crippen molar-refractivity contribution in [1.82, 2.24) is 9.97 Å². The molecule has 0 spiro atoms. The molecule has 2 aromatic heterocycles. The lowest BCUT2D eigenvalue weighted by atomic mass is 10.1. The van der Waals surface area contributed by atoms with E-state index >= 15 is 0 Å². The number of hydrogen-bond donors (Lipinski definition) is 1. The summed E-state index contributed by atoms with van der Waals surface area (Å²) < 4.78 is 0. The number of carbonyl (C=O) groups is 1. The molecule has 0 atom stereocenters. The van der Waals surface area contributed by atoms with Crippen molar-refractivity contribution in [1.29, 1.82) is 0 Å². The first-order valence-electron chi connectivity index (χ1n) is 9.77. The van der Waals surface area contributed by atoms with Gasteiger partial charge in [0.15, 0.2) is 0 Å². The van der Waals surface area contributed by atoms with Crippen LogP contribution in [0, 0.1) is 0 Å². The smallest absolute Gasteiger partial charge is 0.224 e. The number of aryl methyl sites for hydroxylation is 1. The lowest BCUT2D eigenvalue weighted by Gasteiger charge is -2.28. The van der Waals surface area contributed by atoms with Crippen LogP contribution in [0.1, 0.15) is 30.7 Å².